The lowest BCUT2D eigenvalue weighted by molar-refractivity contribution is -0.384. The zero-order chi connectivity index (χ0) is 25.9. The van der Waals surface area contributed by atoms with Gasteiger partial charge in [-0.1, -0.05) is 0 Å². The first kappa shape index (κ1) is 24.8. The maximum atomic E-state index is 12.5. The van der Waals surface area contributed by atoms with Crippen LogP contribution in [0.15, 0.2) is 59.4 Å². The average molecular weight is 493 g/mol. The minimum Gasteiger partial charge on any atom is -0.479 e. The number of hydrogen-bond donors (Lipinski definition) is 2. The maximum Gasteiger partial charge on any atom is 0.271 e. The van der Waals surface area contributed by atoms with Gasteiger partial charge >= 0.3 is 0 Å². The molecule has 36 heavy (non-hydrogen) atoms. The van der Waals surface area contributed by atoms with Gasteiger partial charge in [-0.05, 0) is 36.4 Å². The summed E-state index contributed by atoms with van der Waals surface area (Å²) >= 11 is 0. The summed E-state index contributed by atoms with van der Waals surface area (Å²) in [6.07, 6.45) is -1.21. The number of rotatable bonds is 8. The number of nitrogens with one attached hydrogen (secondary N) is 1. The summed E-state index contributed by atoms with van der Waals surface area (Å²) < 4.78 is 17.9. The molecule has 2 heterocycles. The van der Waals surface area contributed by atoms with E-state index in [0.29, 0.717) is 22.6 Å². The highest BCUT2D eigenvalue weighted by molar-refractivity contribution is 5.51. The van der Waals surface area contributed by atoms with Crippen LogP contribution in [0.25, 0.3) is 5.69 Å². The number of nitrogens with zero attached hydrogens (tertiary/aromatic N) is 4. The van der Waals surface area contributed by atoms with Gasteiger partial charge in [0.05, 0.1) is 41.5 Å². The molecule has 0 bridgehead atoms. The van der Waals surface area contributed by atoms with Crippen LogP contribution in [0, 0.1) is 21.4 Å². The van der Waals surface area contributed by atoms with Crippen LogP contribution in [0.4, 0.5) is 11.5 Å². The van der Waals surface area contributed by atoms with Gasteiger partial charge in [-0.2, -0.15) is 9.94 Å². The molecule has 4 rings (SSSR count). The van der Waals surface area contributed by atoms with E-state index < -0.39 is 28.2 Å². The third-order valence-corrected chi connectivity index (χ3v) is 5.83. The number of methoxy groups -OCH3 is 2. The van der Waals surface area contributed by atoms with Crippen LogP contribution >= 0.6 is 0 Å². The minimum absolute atomic E-state index is 0.00928. The smallest absolute Gasteiger partial charge is 0.271 e. The predicted octanol–water partition coefficient (Wildman–Crippen LogP) is 1.95. The highest BCUT2D eigenvalue weighted by Crippen LogP contribution is 2.42. The van der Waals surface area contributed by atoms with Gasteiger partial charge < -0.3 is 24.6 Å². The number of hydrogen-bond acceptors (Lipinski definition) is 10. The Morgan fingerprint density at radius 3 is 2.50 bits per heavy atom. The van der Waals surface area contributed by atoms with E-state index in [2.05, 4.69) is 16.5 Å². The lowest BCUT2D eigenvalue weighted by atomic mass is 9.84. The number of nitro benzene ring substituents is 1. The monoisotopic (exact) mass is 493 g/mol. The molecule has 0 radical (unpaired) electrons. The van der Waals surface area contributed by atoms with Crippen molar-refractivity contribution >= 4 is 11.5 Å². The molecule has 0 saturated carbocycles. The van der Waals surface area contributed by atoms with Crippen molar-refractivity contribution in [1.29, 1.82) is 5.26 Å². The summed E-state index contributed by atoms with van der Waals surface area (Å²) in [5.41, 5.74) is -0.645. The molecule has 0 saturated heterocycles. The molecular formula is C24H23N5O7. The second kappa shape index (κ2) is 10.1. The molecule has 0 amide bonds. The fourth-order valence-electron chi connectivity index (χ4n) is 4.17. The van der Waals surface area contributed by atoms with Crippen molar-refractivity contribution < 1.29 is 24.2 Å². The summed E-state index contributed by atoms with van der Waals surface area (Å²) in [7, 11) is 2.96. The van der Waals surface area contributed by atoms with Gasteiger partial charge in [0.25, 0.3) is 11.2 Å². The van der Waals surface area contributed by atoms with Gasteiger partial charge in [-0.15, -0.1) is 5.10 Å². The zero-order valence-corrected chi connectivity index (χ0v) is 19.5. The van der Waals surface area contributed by atoms with Crippen LogP contribution in [0.1, 0.15) is 17.2 Å². The van der Waals surface area contributed by atoms with Crippen molar-refractivity contribution in [2.24, 2.45) is 0 Å². The fraction of sp³-hybridized carbons (Fsp3) is 0.292. The van der Waals surface area contributed by atoms with Crippen molar-refractivity contribution in [3.8, 4) is 17.5 Å². The number of aliphatic hydroxyl groups excluding tert-OH is 1. The van der Waals surface area contributed by atoms with E-state index in [9.17, 15) is 25.3 Å². The summed E-state index contributed by atoms with van der Waals surface area (Å²) in [6, 6.07) is 14.2. The number of ether oxygens (including phenoxy) is 3. The van der Waals surface area contributed by atoms with Crippen molar-refractivity contribution in [3.63, 3.8) is 0 Å². The Morgan fingerprint density at radius 2 is 1.89 bits per heavy atom. The number of nitro groups is 1. The third-order valence-electron chi connectivity index (χ3n) is 5.83. The highest BCUT2D eigenvalue weighted by atomic mass is 16.6. The molecule has 0 aliphatic carbocycles. The van der Waals surface area contributed by atoms with Gasteiger partial charge in [0.2, 0.25) is 0 Å². The van der Waals surface area contributed by atoms with Crippen LogP contribution in [0.5, 0.6) is 5.75 Å². The molecule has 186 valence electrons. The van der Waals surface area contributed by atoms with E-state index >= 15 is 0 Å². The summed E-state index contributed by atoms with van der Waals surface area (Å²) in [4.78, 5) is 22.9. The molecule has 2 atom stereocenters. The number of benzene rings is 2. The van der Waals surface area contributed by atoms with Gasteiger partial charge in [0, 0.05) is 38.0 Å². The maximum absolute atomic E-state index is 12.5. The third kappa shape index (κ3) is 4.63. The Kier molecular flexibility index (Phi) is 6.98. The first-order valence-electron chi connectivity index (χ1n) is 10.8. The fourth-order valence-corrected chi connectivity index (χ4v) is 4.17. The lowest BCUT2D eigenvalue weighted by Gasteiger charge is -2.45. The first-order valence-corrected chi connectivity index (χ1v) is 10.8. The summed E-state index contributed by atoms with van der Waals surface area (Å²) in [5.74, 6) is 0.658. The second-order valence-electron chi connectivity index (χ2n) is 8.21. The molecule has 2 N–H and O–H groups in total. The Bertz CT molecular complexity index is 1360. The number of aromatic nitrogens is 2. The first-order chi connectivity index (χ1) is 17.3. The van der Waals surface area contributed by atoms with Crippen molar-refractivity contribution in [2.75, 3.05) is 32.8 Å². The van der Waals surface area contributed by atoms with Gasteiger partial charge in [0.1, 0.15) is 17.7 Å². The van der Waals surface area contributed by atoms with E-state index in [1.165, 1.54) is 50.6 Å². The molecule has 0 spiro atoms. The standard InChI is InChI=1S/C24H23N5O7/c1-34-13-24(14-35-2)23(31)22(18-11-15(12-25)3-8-19(18)36-24)26-20-9-10-21(30)28(27-20)16-4-6-17(7-5-16)29(32)33/h3-11,22-23,31H,13-14H2,1-2H3,(H,26,27)/t22-,23+/m1/s1. The Morgan fingerprint density at radius 1 is 1.19 bits per heavy atom. The van der Waals surface area contributed by atoms with E-state index in [-0.39, 0.29) is 24.7 Å². The van der Waals surface area contributed by atoms with Crippen molar-refractivity contribution in [3.05, 3.63) is 86.2 Å². The average Bonchev–Trinajstić information content (AvgIpc) is 2.88. The topological polar surface area (TPSA) is 162 Å². The Hall–Kier alpha value is -4.31. The number of anilines is 1. The molecule has 1 aliphatic rings. The SMILES string of the molecule is COCC1(COC)Oc2ccc(C#N)cc2[C@@H](Nc2ccc(=O)n(-c3ccc([N+](=O)[O-])cc3)n2)[C@@H]1O. The van der Waals surface area contributed by atoms with Gasteiger partial charge in [-0.25, -0.2) is 0 Å². The summed E-state index contributed by atoms with van der Waals surface area (Å²) in [6.45, 7) is 0.0186. The van der Waals surface area contributed by atoms with Crippen LogP contribution in [-0.2, 0) is 9.47 Å². The molecule has 2 aromatic carbocycles. The molecular weight excluding hydrogens is 470 g/mol. The molecule has 12 heteroatoms. The number of non-ortho nitro benzene ring substituents is 1. The van der Waals surface area contributed by atoms with Crippen molar-refractivity contribution in [1.82, 2.24) is 9.78 Å². The summed E-state index contributed by atoms with van der Waals surface area (Å²) in [5, 5.41) is 39.3. The second-order valence-corrected chi connectivity index (χ2v) is 8.21. The molecule has 1 aromatic heterocycles. The molecule has 0 fully saturated rings. The van der Waals surface area contributed by atoms with Gasteiger partial charge in [-0.3, -0.25) is 14.9 Å². The van der Waals surface area contributed by atoms with E-state index in [1.807, 2.05) is 0 Å². The number of fused-ring (bicyclic) bond motifs is 1. The zero-order valence-electron chi connectivity index (χ0n) is 19.5. The molecule has 3 aromatic rings. The molecule has 0 unspecified atom stereocenters. The van der Waals surface area contributed by atoms with E-state index in [0.717, 1.165) is 4.68 Å². The van der Waals surface area contributed by atoms with Crippen LogP contribution in [-0.4, -0.2) is 58.9 Å². The number of nitriles is 1. The molecule has 1 aliphatic heterocycles. The lowest BCUT2D eigenvalue weighted by Crippen LogP contribution is -2.60. The van der Waals surface area contributed by atoms with E-state index in [4.69, 9.17) is 14.2 Å². The quantitative estimate of drug-likeness (QED) is 0.350. The molecule has 12 nitrogen and oxygen atoms in total. The van der Waals surface area contributed by atoms with Crippen LogP contribution < -0.4 is 15.6 Å². The largest absolute Gasteiger partial charge is 0.479 e. The van der Waals surface area contributed by atoms with Gasteiger partial charge in [0.15, 0.2) is 5.60 Å². The van der Waals surface area contributed by atoms with Crippen molar-refractivity contribution in [2.45, 2.75) is 17.7 Å². The van der Waals surface area contributed by atoms with Crippen LogP contribution in [0.3, 0.4) is 0 Å². The van der Waals surface area contributed by atoms with E-state index in [1.54, 1.807) is 18.2 Å². The predicted molar refractivity (Wildman–Crippen MR) is 127 cm³/mol. The highest BCUT2D eigenvalue weighted by Gasteiger charge is 2.50. The minimum atomic E-state index is -1.27. The Balaban J connectivity index is 1.76. The van der Waals surface area contributed by atoms with Crippen LogP contribution in [0.2, 0.25) is 0 Å². The normalized spacial score (nSPS) is 17.9. The number of aliphatic hydroxyl groups is 1. The Labute approximate surface area is 205 Å².